The Hall–Kier alpha value is -0.223. The maximum atomic E-state index is 5.19. The fourth-order valence-electron chi connectivity index (χ4n) is 0.454. The zero-order valence-corrected chi connectivity index (χ0v) is 5.99. The molecule has 0 spiro atoms. The molecule has 0 nitrogen and oxygen atoms in total. The highest BCUT2D eigenvalue weighted by Crippen LogP contribution is 1.93. The predicted octanol–water partition coefficient (Wildman–Crippen LogP) is 1.69. The minimum Gasteiger partial charge on any atom is -0.137 e. The van der Waals surface area contributed by atoms with Crippen molar-refractivity contribution >= 4 is 8.80 Å². The maximum Gasteiger partial charge on any atom is 0.143 e. The van der Waals surface area contributed by atoms with Gasteiger partial charge in [0.2, 0.25) is 0 Å². The van der Waals surface area contributed by atoms with Crippen LogP contribution in [0.25, 0.3) is 0 Å². The number of hydrogen-bond acceptors (Lipinski definition) is 0. The lowest BCUT2D eigenvalue weighted by atomic mass is 10.9. The highest BCUT2D eigenvalue weighted by atomic mass is 28.3. The Bertz CT molecular complexity index is 66.7. The van der Waals surface area contributed by atoms with Gasteiger partial charge in [0.05, 0.1) is 0 Å². The van der Waals surface area contributed by atoms with Gasteiger partial charge in [-0.1, -0.05) is 25.9 Å². The molecule has 39 valence electrons. The summed E-state index contributed by atoms with van der Waals surface area (Å²) in [5, 5.41) is 0. The Kier molecular flexibility index (Phi) is 3.82. The molecule has 0 aliphatic carbocycles. The smallest absolute Gasteiger partial charge is 0.137 e. The van der Waals surface area contributed by atoms with E-state index in [2.05, 4.69) is 19.4 Å². The molecule has 1 radical (unpaired) electrons. The van der Waals surface area contributed by atoms with Crippen molar-refractivity contribution in [2.75, 3.05) is 0 Å². The first kappa shape index (κ1) is 6.78. The van der Waals surface area contributed by atoms with Crippen LogP contribution in [0.2, 0.25) is 12.1 Å². The standard InChI is InChI=1S/C6H11Si/c1-4-7(5-2)6-3/h1H,5-6H2,2-3H3. The molecule has 0 saturated heterocycles. The summed E-state index contributed by atoms with van der Waals surface area (Å²) < 4.78 is 0. The summed E-state index contributed by atoms with van der Waals surface area (Å²) in [5.41, 5.74) is 2.80. The number of rotatable bonds is 2. The lowest BCUT2D eigenvalue weighted by molar-refractivity contribution is 1.34. The molecule has 0 aromatic carbocycles. The van der Waals surface area contributed by atoms with E-state index >= 15 is 0 Å². The third-order valence-corrected chi connectivity index (χ3v) is 3.17. The quantitative estimate of drug-likeness (QED) is 0.376. The van der Waals surface area contributed by atoms with Gasteiger partial charge in [-0.15, -0.1) is 12.0 Å². The molecule has 0 aromatic rings. The van der Waals surface area contributed by atoms with E-state index < -0.39 is 0 Å². The molecule has 0 atom stereocenters. The van der Waals surface area contributed by atoms with Gasteiger partial charge in [0.15, 0.2) is 0 Å². The van der Waals surface area contributed by atoms with E-state index in [9.17, 15) is 0 Å². The largest absolute Gasteiger partial charge is 0.143 e. The van der Waals surface area contributed by atoms with Crippen LogP contribution in [0.4, 0.5) is 0 Å². The van der Waals surface area contributed by atoms with Crippen LogP contribution < -0.4 is 0 Å². The molecule has 0 amide bonds. The van der Waals surface area contributed by atoms with E-state index in [4.69, 9.17) is 6.42 Å². The summed E-state index contributed by atoms with van der Waals surface area (Å²) >= 11 is 0. The lowest BCUT2D eigenvalue weighted by Gasteiger charge is -1.94. The molecule has 0 aliphatic heterocycles. The maximum absolute atomic E-state index is 5.19. The lowest BCUT2D eigenvalue weighted by Crippen LogP contribution is -2.03. The molecule has 1 heteroatoms. The summed E-state index contributed by atoms with van der Waals surface area (Å²) in [6, 6.07) is 2.44. The Labute approximate surface area is 47.5 Å². The Balaban J connectivity index is 3.23. The Morgan fingerprint density at radius 3 is 1.86 bits per heavy atom. The van der Waals surface area contributed by atoms with Gasteiger partial charge in [-0.3, -0.25) is 0 Å². The van der Waals surface area contributed by atoms with Crippen LogP contribution in [0.5, 0.6) is 0 Å². The molecule has 0 fully saturated rings. The van der Waals surface area contributed by atoms with E-state index in [0.717, 1.165) is 0 Å². The average molecular weight is 111 g/mol. The number of terminal acetylenes is 1. The fraction of sp³-hybridized carbons (Fsp3) is 0.667. The van der Waals surface area contributed by atoms with Crippen LogP contribution in [-0.2, 0) is 0 Å². The van der Waals surface area contributed by atoms with Crippen molar-refractivity contribution in [2.24, 2.45) is 0 Å². The van der Waals surface area contributed by atoms with Gasteiger partial charge in [-0.2, -0.15) is 0 Å². The molecular weight excluding hydrogens is 100 g/mol. The minimum absolute atomic E-state index is 0.335. The second kappa shape index (κ2) is 3.95. The van der Waals surface area contributed by atoms with Crippen LogP contribution in [0.15, 0.2) is 0 Å². The second-order valence-corrected chi connectivity index (χ2v) is 4.36. The van der Waals surface area contributed by atoms with Crippen molar-refractivity contribution in [3.05, 3.63) is 0 Å². The molecule has 0 N–H and O–H groups in total. The first-order valence-electron chi connectivity index (χ1n) is 2.66. The van der Waals surface area contributed by atoms with E-state index in [1.807, 2.05) is 0 Å². The van der Waals surface area contributed by atoms with E-state index in [0.29, 0.717) is 0 Å². The molecule has 0 heterocycles. The van der Waals surface area contributed by atoms with Crippen molar-refractivity contribution in [1.82, 2.24) is 0 Å². The van der Waals surface area contributed by atoms with Crippen LogP contribution >= 0.6 is 0 Å². The summed E-state index contributed by atoms with van der Waals surface area (Å²) in [4.78, 5) is 0. The molecule has 0 aliphatic rings. The zero-order valence-electron chi connectivity index (χ0n) is 4.99. The van der Waals surface area contributed by atoms with Gasteiger partial charge in [0, 0.05) is 0 Å². The third kappa shape index (κ3) is 2.47. The average Bonchev–Trinajstić information content (AvgIpc) is 1.72. The summed E-state index contributed by atoms with van der Waals surface area (Å²) in [6.45, 7) is 4.33. The van der Waals surface area contributed by atoms with Crippen molar-refractivity contribution < 1.29 is 0 Å². The molecule has 7 heavy (non-hydrogen) atoms. The van der Waals surface area contributed by atoms with Gasteiger partial charge in [-0.25, -0.2) is 0 Å². The SMILES string of the molecule is C#C[Si](CC)CC. The first-order chi connectivity index (χ1) is 3.35. The normalized spacial score (nSPS) is 8.86. The second-order valence-electron chi connectivity index (χ2n) is 1.45. The van der Waals surface area contributed by atoms with Crippen LogP contribution in [0, 0.1) is 12.0 Å². The monoisotopic (exact) mass is 111 g/mol. The van der Waals surface area contributed by atoms with Crippen molar-refractivity contribution in [1.29, 1.82) is 0 Å². The summed E-state index contributed by atoms with van der Waals surface area (Å²) in [7, 11) is -0.335. The fourth-order valence-corrected chi connectivity index (χ4v) is 1.36. The molecule has 0 rings (SSSR count). The van der Waals surface area contributed by atoms with Gasteiger partial charge >= 0.3 is 0 Å². The van der Waals surface area contributed by atoms with Gasteiger partial charge in [0.25, 0.3) is 0 Å². The number of hydrogen-bond donors (Lipinski definition) is 0. The van der Waals surface area contributed by atoms with Crippen LogP contribution in [0.1, 0.15) is 13.8 Å². The first-order valence-corrected chi connectivity index (χ1v) is 4.57. The highest BCUT2D eigenvalue weighted by Gasteiger charge is 1.97. The third-order valence-electron chi connectivity index (χ3n) is 1.06. The zero-order chi connectivity index (χ0) is 5.70. The van der Waals surface area contributed by atoms with E-state index in [-0.39, 0.29) is 8.80 Å². The van der Waals surface area contributed by atoms with Crippen molar-refractivity contribution in [3.8, 4) is 12.0 Å². The molecule has 0 aromatic heterocycles. The summed E-state index contributed by atoms with van der Waals surface area (Å²) in [6.07, 6.45) is 5.19. The predicted molar refractivity (Wildman–Crippen MR) is 35.5 cm³/mol. The van der Waals surface area contributed by atoms with Gasteiger partial charge in [0.1, 0.15) is 8.80 Å². The molecule has 0 bridgehead atoms. The van der Waals surface area contributed by atoms with Crippen molar-refractivity contribution in [2.45, 2.75) is 25.9 Å². The van der Waals surface area contributed by atoms with Crippen LogP contribution in [0.3, 0.4) is 0 Å². The van der Waals surface area contributed by atoms with Crippen LogP contribution in [-0.4, -0.2) is 8.80 Å². The van der Waals surface area contributed by atoms with E-state index in [1.54, 1.807) is 0 Å². The van der Waals surface area contributed by atoms with Crippen molar-refractivity contribution in [3.63, 3.8) is 0 Å². The molecule has 0 unspecified atom stereocenters. The van der Waals surface area contributed by atoms with E-state index in [1.165, 1.54) is 12.1 Å². The Morgan fingerprint density at radius 1 is 1.43 bits per heavy atom. The Morgan fingerprint density at radius 2 is 1.86 bits per heavy atom. The van der Waals surface area contributed by atoms with Gasteiger partial charge < -0.3 is 0 Å². The summed E-state index contributed by atoms with van der Waals surface area (Å²) in [5.74, 6) is 0. The highest BCUT2D eigenvalue weighted by molar-refractivity contribution is 6.67. The molecule has 0 saturated carbocycles. The minimum atomic E-state index is -0.335. The molecular formula is C6H11Si. The topological polar surface area (TPSA) is 0 Å². The van der Waals surface area contributed by atoms with Gasteiger partial charge in [-0.05, 0) is 0 Å².